The normalized spacial score (nSPS) is 19.0. The van der Waals surface area contributed by atoms with E-state index in [1.54, 1.807) is 11.1 Å². The van der Waals surface area contributed by atoms with E-state index in [1.807, 2.05) is 6.07 Å². The van der Waals surface area contributed by atoms with Gasteiger partial charge in [0.05, 0.1) is 5.69 Å². The molecule has 32 heavy (non-hydrogen) atoms. The number of piperazine rings is 1. The third-order valence-electron chi connectivity index (χ3n) is 7.10. The van der Waals surface area contributed by atoms with Crippen molar-refractivity contribution in [3.8, 4) is 0 Å². The van der Waals surface area contributed by atoms with Crippen molar-refractivity contribution in [3.63, 3.8) is 0 Å². The Balaban J connectivity index is 1.07. The lowest BCUT2D eigenvalue weighted by Gasteiger charge is -2.38. The minimum Gasteiger partial charge on any atom is -0.369 e. The zero-order valence-electron chi connectivity index (χ0n) is 19.0. The second-order valence-electron chi connectivity index (χ2n) is 9.29. The molecule has 0 atom stereocenters. The number of hydrogen-bond donors (Lipinski definition) is 1. The maximum atomic E-state index is 11.6. The molecule has 1 aromatic carbocycles. The summed E-state index contributed by atoms with van der Waals surface area (Å²) in [5, 5.41) is 2.88. The predicted molar refractivity (Wildman–Crippen MR) is 131 cm³/mol. The summed E-state index contributed by atoms with van der Waals surface area (Å²) in [6, 6.07) is 11.1. The smallest absolute Gasteiger partial charge is 0.225 e. The Morgan fingerprint density at radius 2 is 1.81 bits per heavy atom. The fourth-order valence-corrected chi connectivity index (χ4v) is 5.26. The van der Waals surface area contributed by atoms with Gasteiger partial charge in [-0.15, -0.1) is 0 Å². The number of pyridine rings is 1. The molecule has 5 nitrogen and oxygen atoms in total. The first-order chi connectivity index (χ1) is 15.8. The number of amides is 1. The van der Waals surface area contributed by atoms with Crippen LogP contribution in [-0.2, 0) is 24.1 Å². The lowest BCUT2D eigenvalue weighted by atomic mass is 9.90. The summed E-state index contributed by atoms with van der Waals surface area (Å²) in [5.74, 6) is 0.805. The van der Waals surface area contributed by atoms with Crippen LogP contribution in [0.15, 0.2) is 36.4 Å². The van der Waals surface area contributed by atoms with Crippen molar-refractivity contribution in [2.24, 2.45) is 0 Å². The van der Waals surface area contributed by atoms with Crippen LogP contribution in [0.25, 0.3) is 6.08 Å². The van der Waals surface area contributed by atoms with Crippen molar-refractivity contribution < 1.29 is 4.79 Å². The molecule has 5 rings (SSSR count). The van der Waals surface area contributed by atoms with E-state index in [1.165, 1.54) is 37.8 Å². The Hall–Kier alpha value is -2.66. The van der Waals surface area contributed by atoms with Crippen LogP contribution in [0.1, 0.15) is 54.5 Å². The molecule has 168 valence electrons. The third-order valence-corrected chi connectivity index (χ3v) is 7.10. The molecule has 0 unspecified atom stereocenters. The number of benzene rings is 1. The van der Waals surface area contributed by atoms with Gasteiger partial charge in [-0.05, 0) is 86.4 Å². The predicted octanol–water partition coefficient (Wildman–Crippen LogP) is 4.46. The Kier molecular flexibility index (Phi) is 6.54. The number of carbonyl (C=O) groups is 1. The Labute approximate surface area is 191 Å². The van der Waals surface area contributed by atoms with E-state index in [2.05, 4.69) is 56.5 Å². The van der Waals surface area contributed by atoms with Crippen LogP contribution in [0.2, 0.25) is 0 Å². The number of unbranched alkanes of at least 4 members (excludes halogenated alkanes) is 1. The van der Waals surface area contributed by atoms with Gasteiger partial charge in [0.25, 0.3) is 0 Å². The standard InChI is InChI=1S/C27H34N4O/c32-26-15-13-22-12-14-23(28-27(22)29-26)9-2-1-5-16-30-17-19-31(20-18-30)25-11-6-8-21-7-3-4-10-24(21)25/h2,6,8-9,11-12,14H,1,3-5,7,10,13,15-20H2,(H,28,29,32). The van der Waals surface area contributed by atoms with Gasteiger partial charge in [0, 0.05) is 38.3 Å². The molecule has 3 aliphatic rings. The van der Waals surface area contributed by atoms with E-state index >= 15 is 0 Å². The number of rotatable bonds is 6. The van der Waals surface area contributed by atoms with Crippen molar-refractivity contribution in [3.05, 3.63) is 58.8 Å². The highest BCUT2D eigenvalue weighted by atomic mass is 16.1. The van der Waals surface area contributed by atoms with Crippen molar-refractivity contribution >= 4 is 23.5 Å². The van der Waals surface area contributed by atoms with E-state index in [4.69, 9.17) is 0 Å². The molecule has 0 saturated carbocycles. The van der Waals surface area contributed by atoms with Gasteiger partial charge in [-0.1, -0.05) is 24.3 Å². The molecule has 2 aromatic rings. The van der Waals surface area contributed by atoms with Crippen LogP contribution in [-0.4, -0.2) is 48.5 Å². The zero-order valence-corrected chi connectivity index (χ0v) is 19.0. The Morgan fingerprint density at radius 1 is 0.938 bits per heavy atom. The number of aromatic nitrogens is 1. The number of aryl methyl sites for hydroxylation is 2. The molecular weight excluding hydrogens is 396 g/mol. The first kappa shape index (κ1) is 21.2. The van der Waals surface area contributed by atoms with E-state index in [-0.39, 0.29) is 5.91 Å². The third kappa shape index (κ3) is 4.88. The van der Waals surface area contributed by atoms with Crippen LogP contribution < -0.4 is 10.2 Å². The quantitative estimate of drug-likeness (QED) is 0.688. The molecule has 3 heterocycles. The molecule has 1 aromatic heterocycles. The van der Waals surface area contributed by atoms with Gasteiger partial charge < -0.3 is 10.2 Å². The lowest BCUT2D eigenvalue weighted by Crippen LogP contribution is -2.47. The maximum absolute atomic E-state index is 11.6. The molecule has 0 spiro atoms. The van der Waals surface area contributed by atoms with Crippen LogP contribution >= 0.6 is 0 Å². The number of nitrogens with zero attached hydrogens (tertiary/aromatic N) is 3. The van der Waals surface area contributed by atoms with Gasteiger partial charge in [0.15, 0.2) is 0 Å². The summed E-state index contributed by atoms with van der Waals surface area (Å²) in [7, 11) is 0. The first-order valence-corrected chi connectivity index (χ1v) is 12.3. The number of allylic oxidation sites excluding steroid dienone is 1. The molecule has 0 radical (unpaired) electrons. The number of nitrogens with one attached hydrogen (secondary N) is 1. The van der Waals surface area contributed by atoms with Crippen molar-refractivity contribution in [1.29, 1.82) is 0 Å². The number of hydrogen-bond acceptors (Lipinski definition) is 4. The molecule has 1 amide bonds. The summed E-state index contributed by atoms with van der Waals surface area (Å²) in [6.07, 6.45) is 13.1. The summed E-state index contributed by atoms with van der Waals surface area (Å²) in [5.41, 5.74) is 6.76. The van der Waals surface area contributed by atoms with Crippen molar-refractivity contribution in [2.75, 3.05) is 42.9 Å². The lowest BCUT2D eigenvalue weighted by molar-refractivity contribution is -0.116. The van der Waals surface area contributed by atoms with Crippen molar-refractivity contribution in [1.82, 2.24) is 9.88 Å². The largest absolute Gasteiger partial charge is 0.369 e. The highest BCUT2D eigenvalue weighted by Crippen LogP contribution is 2.31. The fourth-order valence-electron chi connectivity index (χ4n) is 5.26. The van der Waals surface area contributed by atoms with Crippen LogP contribution in [0.5, 0.6) is 0 Å². The minimum atomic E-state index is 0.0679. The molecule has 1 N–H and O–H groups in total. The highest BCUT2D eigenvalue weighted by molar-refractivity contribution is 5.92. The number of carbonyl (C=O) groups excluding carboxylic acids is 1. The maximum Gasteiger partial charge on any atom is 0.225 e. The van der Waals surface area contributed by atoms with E-state index in [0.717, 1.165) is 62.6 Å². The summed E-state index contributed by atoms with van der Waals surface area (Å²) >= 11 is 0. The second-order valence-corrected chi connectivity index (χ2v) is 9.29. The summed E-state index contributed by atoms with van der Waals surface area (Å²) in [6.45, 7) is 5.73. The monoisotopic (exact) mass is 430 g/mol. The second kappa shape index (κ2) is 9.86. The topological polar surface area (TPSA) is 48.5 Å². The van der Waals surface area contributed by atoms with Crippen LogP contribution in [0.3, 0.4) is 0 Å². The average Bonchev–Trinajstić information content (AvgIpc) is 2.83. The summed E-state index contributed by atoms with van der Waals surface area (Å²) in [4.78, 5) is 21.4. The van der Waals surface area contributed by atoms with Crippen molar-refractivity contribution in [2.45, 2.75) is 51.4 Å². The first-order valence-electron chi connectivity index (χ1n) is 12.3. The number of anilines is 2. The molecule has 1 saturated heterocycles. The van der Waals surface area contributed by atoms with Gasteiger partial charge >= 0.3 is 0 Å². The van der Waals surface area contributed by atoms with Gasteiger partial charge in [-0.25, -0.2) is 4.98 Å². The van der Waals surface area contributed by atoms with Gasteiger partial charge in [-0.3, -0.25) is 9.69 Å². The molecular formula is C27H34N4O. The molecule has 1 aliphatic carbocycles. The molecule has 0 bridgehead atoms. The van der Waals surface area contributed by atoms with Gasteiger partial charge in [0.2, 0.25) is 5.91 Å². The van der Waals surface area contributed by atoms with E-state index < -0.39 is 0 Å². The SMILES string of the molecule is O=C1CCc2ccc(C=CCCCN3CCN(c4cccc5c4CCCC5)CC3)nc2N1. The molecule has 5 heteroatoms. The zero-order chi connectivity index (χ0) is 21.8. The fraction of sp³-hybridized carbons (Fsp3) is 0.481. The van der Waals surface area contributed by atoms with Gasteiger partial charge in [0.1, 0.15) is 5.82 Å². The summed E-state index contributed by atoms with van der Waals surface area (Å²) < 4.78 is 0. The van der Waals surface area contributed by atoms with Gasteiger partial charge in [-0.2, -0.15) is 0 Å². The Morgan fingerprint density at radius 3 is 2.72 bits per heavy atom. The van der Waals surface area contributed by atoms with Crippen LogP contribution in [0, 0.1) is 0 Å². The molecule has 1 fully saturated rings. The minimum absolute atomic E-state index is 0.0679. The number of fused-ring (bicyclic) bond motifs is 2. The van der Waals surface area contributed by atoms with E-state index in [0.29, 0.717) is 6.42 Å². The Bertz CT molecular complexity index is 991. The average molecular weight is 431 g/mol. The molecule has 2 aliphatic heterocycles. The van der Waals surface area contributed by atoms with Crippen LogP contribution in [0.4, 0.5) is 11.5 Å². The highest BCUT2D eigenvalue weighted by Gasteiger charge is 2.21. The van der Waals surface area contributed by atoms with E-state index in [9.17, 15) is 4.79 Å².